The van der Waals surface area contributed by atoms with Crippen LogP contribution in [0.2, 0.25) is 0 Å². The number of hydrogen-bond donors (Lipinski definition) is 2. The van der Waals surface area contributed by atoms with E-state index < -0.39 is 23.1 Å². The van der Waals surface area contributed by atoms with Crippen molar-refractivity contribution in [2.24, 2.45) is 0 Å². The van der Waals surface area contributed by atoms with Crippen molar-refractivity contribution in [2.45, 2.75) is 0 Å². The van der Waals surface area contributed by atoms with E-state index in [2.05, 4.69) is 0 Å². The van der Waals surface area contributed by atoms with E-state index in [1.54, 1.807) is 0 Å². The van der Waals surface area contributed by atoms with E-state index in [4.69, 9.17) is 11.5 Å². The molecule has 2 aromatic rings. The normalized spacial score (nSPS) is 10.5. The Kier molecular flexibility index (Phi) is 2.67. The fraction of sp³-hybridized carbons (Fsp3) is 0. The molecule has 0 aliphatic heterocycles. The lowest BCUT2D eigenvalue weighted by Gasteiger charge is -2.08. The number of nitrogens with two attached hydrogens (primary N) is 2. The second-order valence-corrected chi connectivity index (χ2v) is 3.56. The molecule has 2 aromatic carbocycles. The molecule has 4 N–H and O–H groups in total. The molecule has 0 aromatic heterocycles. The van der Waals surface area contributed by atoms with Crippen molar-refractivity contribution in [3.8, 4) is 11.1 Å². The lowest BCUT2D eigenvalue weighted by atomic mass is 10.0. The summed E-state index contributed by atoms with van der Waals surface area (Å²) in [4.78, 5) is 0. The minimum atomic E-state index is -0.991. The molecule has 0 saturated heterocycles. The van der Waals surface area contributed by atoms with Crippen LogP contribution in [0, 0.1) is 17.5 Å². The molecule has 17 heavy (non-hydrogen) atoms. The molecule has 0 amide bonds. The van der Waals surface area contributed by atoms with Gasteiger partial charge < -0.3 is 11.5 Å². The van der Waals surface area contributed by atoms with Crippen LogP contribution in [0.15, 0.2) is 30.3 Å². The second-order valence-electron chi connectivity index (χ2n) is 3.56. The topological polar surface area (TPSA) is 52.0 Å². The van der Waals surface area contributed by atoms with E-state index in [0.717, 1.165) is 18.2 Å². The van der Waals surface area contributed by atoms with E-state index >= 15 is 0 Å². The molecule has 0 bridgehead atoms. The molecule has 0 saturated carbocycles. The van der Waals surface area contributed by atoms with Gasteiger partial charge in [-0.1, -0.05) is 0 Å². The van der Waals surface area contributed by atoms with Gasteiger partial charge in [0.05, 0.1) is 0 Å². The fourth-order valence-electron chi connectivity index (χ4n) is 1.53. The Labute approximate surface area is 95.7 Å². The van der Waals surface area contributed by atoms with Crippen LogP contribution < -0.4 is 11.5 Å². The SMILES string of the molecule is Nc1ccc(F)c(-c2ccc(F)c(N)c2F)c1. The molecule has 0 spiro atoms. The highest BCUT2D eigenvalue weighted by molar-refractivity contribution is 5.71. The van der Waals surface area contributed by atoms with Crippen molar-refractivity contribution in [1.82, 2.24) is 0 Å². The van der Waals surface area contributed by atoms with Gasteiger partial charge in [-0.2, -0.15) is 0 Å². The van der Waals surface area contributed by atoms with Crippen LogP contribution in [-0.4, -0.2) is 0 Å². The van der Waals surface area contributed by atoms with Gasteiger partial charge in [0.15, 0.2) is 5.82 Å². The first-order chi connectivity index (χ1) is 8.00. The highest BCUT2D eigenvalue weighted by Gasteiger charge is 2.15. The van der Waals surface area contributed by atoms with Crippen LogP contribution in [0.5, 0.6) is 0 Å². The lowest BCUT2D eigenvalue weighted by Crippen LogP contribution is -1.99. The van der Waals surface area contributed by atoms with Crippen molar-refractivity contribution in [3.05, 3.63) is 47.8 Å². The first kappa shape index (κ1) is 11.3. The van der Waals surface area contributed by atoms with E-state index in [9.17, 15) is 13.2 Å². The number of anilines is 2. The summed E-state index contributed by atoms with van der Waals surface area (Å²) in [6.07, 6.45) is 0. The summed E-state index contributed by atoms with van der Waals surface area (Å²) in [5.41, 5.74) is 10.2. The van der Waals surface area contributed by atoms with Crippen LogP contribution in [-0.2, 0) is 0 Å². The number of halogens is 3. The maximum atomic E-state index is 13.7. The average Bonchev–Trinajstić information content (AvgIpc) is 2.30. The van der Waals surface area contributed by atoms with Crippen molar-refractivity contribution < 1.29 is 13.2 Å². The number of benzene rings is 2. The Morgan fingerprint density at radius 3 is 2.12 bits per heavy atom. The quantitative estimate of drug-likeness (QED) is 0.750. The van der Waals surface area contributed by atoms with Gasteiger partial charge in [-0.15, -0.1) is 0 Å². The Bertz CT molecular complexity index is 582. The van der Waals surface area contributed by atoms with Crippen molar-refractivity contribution in [3.63, 3.8) is 0 Å². The Hall–Kier alpha value is -2.17. The molecule has 2 nitrogen and oxygen atoms in total. The molecule has 0 heterocycles. The largest absolute Gasteiger partial charge is 0.399 e. The Morgan fingerprint density at radius 2 is 1.41 bits per heavy atom. The standard InChI is InChI=1S/C12H9F3N2/c13-9-3-1-6(16)5-8(9)7-2-4-10(14)12(17)11(7)15/h1-5H,16-17H2. The summed E-state index contributed by atoms with van der Waals surface area (Å²) in [6.45, 7) is 0. The van der Waals surface area contributed by atoms with Crippen LogP contribution in [0.25, 0.3) is 11.1 Å². The molecule has 0 fully saturated rings. The van der Waals surface area contributed by atoms with Crippen LogP contribution >= 0.6 is 0 Å². The van der Waals surface area contributed by atoms with E-state index in [1.165, 1.54) is 12.1 Å². The molecule has 0 aliphatic rings. The van der Waals surface area contributed by atoms with Gasteiger partial charge in [-0.3, -0.25) is 0 Å². The third kappa shape index (κ3) is 1.91. The number of rotatable bonds is 1. The van der Waals surface area contributed by atoms with E-state index in [-0.39, 0.29) is 16.8 Å². The second kappa shape index (κ2) is 4.01. The van der Waals surface area contributed by atoms with Gasteiger partial charge in [0.25, 0.3) is 0 Å². The lowest BCUT2D eigenvalue weighted by molar-refractivity contribution is 0.590. The first-order valence-electron chi connectivity index (χ1n) is 4.79. The van der Waals surface area contributed by atoms with Crippen molar-refractivity contribution in [2.75, 3.05) is 11.5 Å². The summed E-state index contributed by atoms with van der Waals surface area (Å²) in [5.74, 6) is -2.52. The van der Waals surface area contributed by atoms with Gasteiger partial charge in [0.2, 0.25) is 0 Å². The first-order valence-corrected chi connectivity index (χ1v) is 4.79. The summed E-state index contributed by atoms with van der Waals surface area (Å²) in [7, 11) is 0. The zero-order chi connectivity index (χ0) is 12.6. The van der Waals surface area contributed by atoms with Crippen LogP contribution in [0.1, 0.15) is 0 Å². The predicted octanol–water partition coefficient (Wildman–Crippen LogP) is 2.94. The molecule has 0 atom stereocenters. The number of hydrogen-bond acceptors (Lipinski definition) is 2. The van der Waals surface area contributed by atoms with Gasteiger partial charge in [-0.05, 0) is 30.3 Å². The summed E-state index contributed by atoms with van der Waals surface area (Å²) in [5, 5.41) is 0. The maximum absolute atomic E-state index is 13.7. The molecular formula is C12H9F3N2. The molecule has 0 radical (unpaired) electrons. The van der Waals surface area contributed by atoms with E-state index in [1.807, 2.05) is 0 Å². The van der Waals surface area contributed by atoms with E-state index in [0.29, 0.717) is 0 Å². The van der Waals surface area contributed by atoms with Crippen molar-refractivity contribution in [1.29, 1.82) is 0 Å². The zero-order valence-corrected chi connectivity index (χ0v) is 8.68. The van der Waals surface area contributed by atoms with Crippen LogP contribution in [0.3, 0.4) is 0 Å². The van der Waals surface area contributed by atoms with Gasteiger partial charge in [0, 0.05) is 16.8 Å². The van der Waals surface area contributed by atoms with Crippen LogP contribution in [0.4, 0.5) is 24.5 Å². The molecular weight excluding hydrogens is 229 g/mol. The zero-order valence-electron chi connectivity index (χ0n) is 8.68. The summed E-state index contributed by atoms with van der Waals surface area (Å²) < 4.78 is 40.2. The predicted molar refractivity (Wildman–Crippen MR) is 60.6 cm³/mol. The molecule has 5 heteroatoms. The molecule has 0 aliphatic carbocycles. The smallest absolute Gasteiger partial charge is 0.157 e. The molecule has 88 valence electrons. The van der Waals surface area contributed by atoms with Gasteiger partial charge in [0.1, 0.15) is 17.3 Å². The highest BCUT2D eigenvalue weighted by atomic mass is 19.1. The summed E-state index contributed by atoms with van der Waals surface area (Å²) >= 11 is 0. The highest BCUT2D eigenvalue weighted by Crippen LogP contribution is 2.31. The number of nitrogen functional groups attached to an aromatic ring is 2. The van der Waals surface area contributed by atoms with Crippen molar-refractivity contribution >= 4 is 11.4 Å². The average molecular weight is 238 g/mol. The monoisotopic (exact) mass is 238 g/mol. The Morgan fingerprint density at radius 1 is 0.765 bits per heavy atom. The minimum absolute atomic E-state index is 0.0470. The third-order valence-electron chi connectivity index (χ3n) is 2.41. The maximum Gasteiger partial charge on any atom is 0.157 e. The van der Waals surface area contributed by atoms with Gasteiger partial charge >= 0.3 is 0 Å². The van der Waals surface area contributed by atoms with Gasteiger partial charge in [-0.25, -0.2) is 13.2 Å². The molecule has 2 rings (SSSR count). The fourth-order valence-corrected chi connectivity index (χ4v) is 1.53. The third-order valence-corrected chi connectivity index (χ3v) is 2.41. The Balaban J connectivity index is 2.69. The summed E-state index contributed by atoms with van der Waals surface area (Å²) in [6, 6.07) is 5.84. The minimum Gasteiger partial charge on any atom is -0.399 e. The molecule has 0 unspecified atom stereocenters.